The Morgan fingerprint density at radius 1 is 1.00 bits per heavy atom. The number of fused-ring (bicyclic) bond motifs is 3. The van der Waals surface area contributed by atoms with Crippen LogP contribution in [0.15, 0.2) is 66.7 Å². The molecule has 0 spiro atoms. The molecule has 0 saturated carbocycles. The molecule has 0 unspecified atom stereocenters. The smallest absolute Gasteiger partial charge is 0.340 e. The van der Waals surface area contributed by atoms with Crippen LogP contribution in [-0.4, -0.2) is 23.3 Å². The summed E-state index contributed by atoms with van der Waals surface area (Å²) >= 11 is 0. The highest BCUT2D eigenvalue weighted by molar-refractivity contribution is 6.05. The Labute approximate surface area is 150 Å². The zero-order chi connectivity index (χ0) is 18.1. The van der Waals surface area contributed by atoms with E-state index >= 15 is 0 Å². The first kappa shape index (κ1) is 16.1. The van der Waals surface area contributed by atoms with Crippen molar-refractivity contribution in [2.45, 2.75) is 6.92 Å². The van der Waals surface area contributed by atoms with Gasteiger partial charge in [0, 0.05) is 5.56 Å². The zero-order valence-electron chi connectivity index (χ0n) is 14.3. The molecule has 0 aliphatic rings. The van der Waals surface area contributed by atoms with E-state index in [1.807, 2.05) is 65.1 Å². The molecule has 0 aliphatic carbocycles. The molecule has 26 heavy (non-hydrogen) atoms. The number of hydrogen-bond donors (Lipinski definition) is 0. The van der Waals surface area contributed by atoms with Crippen molar-refractivity contribution in [2.75, 3.05) is 6.61 Å². The van der Waals surface area contributed by atoms with Crippen LogP contribution in [-0.2, 0) is 4.74 Å². The van der Waals surface area contributed by atoms with Gasteiger partial charge in [0.25, 0.3) is 0 Å². The average Bonchev–Trinajstić information content (AvgIpc) is 3.08. The Kier molecular flexibility index (Phi) is 4.01. The number of esters is 1. The molecule has 4 heteroatoms. The molecular weight excluding hydrogens is 326 g/mol. The lowest BCUT2D eigenvalue weighted by Gasteiger charge is -2.12. The van der Waals surface area contributed by atoms with Gasteiger partial charge in [0.05, 0.1) is 28.9 Å². The number of para-hydroxylation sites is 1. The zero-order valence-corrected chi connectivity index (χ0v) is 14.3. The number of pyridine rings is 1. The number of carbonyl (C=O) groups is 2. The fraction of sp³-hybridized carbons (Fsp3) is 0.0909. The quantitative estimate of drug-likeness (QED) is 0.397. The summed E-state index contributed by atoms with van der Waals surface area (Å²) < 4.78 is 7.21. The highest BCUT2D eigenvalue weighted by Gasteiger charge is 2.20. The molecular formula is C22H17NO3. The molecule has 0 saturated heterocycles. The third-order valence-corrected chi connectivity index (χ3v) is 4.45. The van der Waals surface area contributed by atoms with Gasteiger partial charge in [-0.2, -0.15) is 0 Å². The van der Waals surface area contributed by atoms with Crippen LogP contribution < -0.4 is 0 Å². The van der Waals surface area contributed by atoms with Crippen molar-refractivity contribution < 1.29 is 14.3 Å². The molecule has 128 valence electrons. The summed E-state index contributed by atoms with van der Waals surface area (Å²) in [7, 11) is 0. The fourth-order valence-electron chi connectivity index (χ4n) is 3.37. The monoisotopic (exact) mass is 343 g/mol. The molecule has 4 aromatic rings. The van der Waals surface area contributed by atoms with E-state index in [9.17, 15) is 9.59 Å². The molecule has 4 nitrogen and oxygen atoms in total. The summed E-state index contributed by atoms with van der Waals surface area (Å²) in [5.41, 5.74) is 4.29. The maximum atomic E-state index is 12.5. The standard InChI is InChI=1S/C22H17NO3/c1-2-26-22(25)18-12-16-10-6-7-11-19(16)23-20(18)13-17(14-24)21(23)15-8-4-3-5-9-15/h3-14H,2H2,1H3. The van der Waals surface area contributed by atoms with Crippen molar-refractivity contribution in [3.05, 3.63) is 77.9 Å². The number of rotatable bonds is 4. The predicted molar refractivity (Wildman–Crippen MR) is 102 cm³/mol. The molecule has 0 bridgehead atoms. The Hall–Kier alpha value is -3.40. The van der Waals surface area contributed by atoms with Crippen molar-refractivity contribution in [1.82, 2.24) is 4.40 Å². The van der Waals surface area contributed by atoms with Crippen LogP contribution in [0.4, 0.5) is 0 Å². The molecule has 4 rings (SSSR count). The highest BCUT2D eigenvalue weighted by atomic mass is 16.5. The number of carbonyl (C=O) groups excluding carboxylic acids is 2. The summed E-state index contributed by atoms with van der Waals surface area (Å²) in [5, 5.41) is 0.910. The van der Waals surface area contributed by atoms with Gasteiger partial charge in [0.2, 0.25) is 0 Å². The molecule has 0 fully saturated rings. The van der Waals surface area contributed by atoms with Gasteiger partial charge in [-0.05, 0) is 36.1 Å². The van der Waals surface area contributed by atoms with E-state index in [2.05, 4.69) is 0 Å². The van der Waals surface area contributed by atoms with Crippen LogP contribution in [0.2, 0.25) is 0 Å². The van der Waals surface area contributed by atoms with E-state index in [4.69, 9.17) is 4.74 Å². The van der Waals surface area contributed by atoms with E-state index in [0.29, 0.717) is 23.3 Å². The summed E-state index contributed by atoms with van der Waals surface area (Å²) in [6.45, 7) is 2.07. The van der Waals surface area contributed by atoms with Crippen LogP contribution in [0.5, 0.6) is 0 Å². The predicted octanol–water partition coefficient (Wildman–Crippen LogP) is 4.75. The summed E-state index contributed by atoms with van der Waals surface area (Å²) in [6, 6.07) is 21.1. The first-order valence-corrected chi connectivity index (χ1v) is 8.49. The van der Waals surface area contributed by atoms with Gasteiger partial charge in [-0.25, -0.2) is 4.79 Å². The summed E-state index contributed by atoms with van der Waals surface area (Å²) in [6.07, 6.45) is 0.832. The maximum Gasteiger partial charge on any atom is 0.340 e. The van der Waals surface area contributed by atoms with Gasteiger partial charge in [-0.3, -0.25) is 4.79 Å². The number of nitrogens with zero attached hydrogens (tertiary/aromatic N) is 1. The van der Waals surface area contributed by atoms with E-state index < -0.39 is 5.97 Å². The van der Waals surface area contributed by atoms with E-state index in [1.165, 1.54) is 0 Å². The molecule has 2 aromatic heterocycles. The number of ether oxygens (including phenoxy) is 1. The summed E-state index contributed by atoms with van der Waals surface area (Å²) in [4.78, 5) is 24.3. The lowest BCUT2D eigenvalue weighted by Crippen LogP contribution is -2.07. The minimum absolute atomic E-state index is 0.296. The topological polar surface area (TPSA) is 47.8 Å². The maximum absolute atomic E-state index is 12.5. The van der Waals surface area contributed by atoms with Gasteiger partial charge < -0.3 is 9.14 Å². The van der Waals surface area contributed by atoms with Crippen LogP contribution in [0.1, 0.15) is 27.6 Å². The van der Waals surface area contributed by atoms with Crippen LogP contribution in [0.25, 0.3) is 27.7 Å². The lowest BCUT2D eigenvalue weighted by molar-refractivity contribution is 0.0528. The molecule has 2 heterocycles. The number of benzene rings is 2. The van der Waals surface area contributed by atoms with Crippen molar-refractivity contribution in [1.29, 1.82) is 0 Å². The molecule has 0 amide bonds. The van der Waals surface area contributed by atoms with Crippen molar-refractivity contribution in [3.63, 3.8) is 0 Å². The third-order valence-electron chi connectivity index (χ3n) is 4.45. The van der Waals surface area contributed by atoms with E-state index in [-0.39, 0.29) is 0 Å². The van der Waals surface area contributed by atoms with Gasteiger partial charge in [-0.1, -0.05) is 48.5 Å². The van der Waals surface area contributed by atoms with Crippen LogP contribution in [0, 0.1) is 0 Å². The SMILES string of the molecule is CCOC(=O)c1cc2ccccc2n2c(-c3ccccc3)c(C=O)cc12. The molecule has 0 aliphatic heterocycles. The van der Waals surface area contributed by atoms with Crippen LogP contribution >= 0.6 is 0 Å². The molecule has 0 N–H and O–H groups in total. The van der Waals surface area contributed by atoms with Gasteiger partial charge in [0.1, 0.15) is 0 Å². The lowest BCUT2D eigenvalue weighted by atomic mass is 10.1. The Morgan fingerprint density at radius 3 is 2.46 bits per heavy atom. The Bertz CT molecular complexity index is 1130. The number of aromatic nitrogens is 1. The van der Waals surface area contributed by atoms with Crippen molar-refractivity contribution >= 4 is 28.7 Å². The second kappa shape index (κ2) is 6.48. The van der Waals surface area contributed by atoms with Gasteiger partial charge in [0.15, 0.2) is 6.29 Å². The normalized spacial score (nSPS) is 11.0. The first-order valence-electron chi connectivity index (χ1n) is 8.49. The second-order valence-electron chi connectivity index (χ2n) is 5.99. The first-order chi connectivity index (χ1) is 12.7. The van der Waals surface area contributed by atoms with E-state index in [1.54, 1.807) is 13.0 Å². The third kappa shape index (κ3) is 2.47. The van der Waals surface area contributed by atoms with Gasteiger partial charge in [-0.15, -0.1) is 0 Å². The fourth-order valence-corrected chi connectivity index (χ4v) is 3.37. The highest BCUT2D eigenvalue weighted by Crippen LogP contribution is 2.32. The minimum atomic E-state index is -0.391. The molecule has 2 aromatic carbocycles. The molecule has 0 atom stereocenters. The Morgan fingerprint density at radius 2 is 1.73 bits per heavy atom. The van der Waals surface area contributed by atoms with Crippen molar-refractivity contribution in [2.24, 2.45) is 0 Å². The average molecular weight is 343 g/mol. The second-order valence-corrected chi connectivity index (χ2v) is 5.99. The summed E-state index contributed by atoms with van der Waals surface area (Å²) in [5.74, 6) is -0.391. The largest absolute Gasteiger partial charge is 0.462 e. The number of hydrogen-bond acceptors (Lipinski definition) is 3. The van der Waals surface area contributed by atoms with Crippen molar-refractivity contribution in [3.8, 4) is 11.3 Å². The minimum Gasteiger partial charge on any atom is -0.462 e. The Balaban J connectivity index is 2.18. The van der Waals surface area contributed by atoms with E-state index in [0.717, 1.165) is 28.4 Å². The van der Waals surface area contributed by atoms with Crippen LogP contribution in [0.3, 0.4) is 0 Å². The number of aldehydes is 1. The molecule has 0 radical (unpaired) electrons. The van der Waals surface area contributed by atoms with Gasteiger partial charge >= 0.3 is 5.97 Å².